The van der Waals surface area contributed by atoms with Gasteiger partial charge in [-0.3, -0.25) is 14.5 Å². The molecule has 0 spiro atoms. The second kappa shape index (κ2) is 16.3. The van der Waals surface area contributed by atoms with Crippen LogP contribution in [-0.4, -0.2) is 92.8 Å². The number of unbranched alkanes of at least 4 members (excludes halogenated alkanes) is 2. The van der Waals surface area contributed by atoms with E-state index in [1.165, 1.54) is 5.56 Å². The molecule has 9 nitrogen and oxygen atoms in total. The van der Waals surface area contributed by atoms with E-state index in [1.54, 1.807) is 4.68 Å². The number of aromatic nitrogens is 2. The average Bonchev–Trinajstić information content (AvgIpc) is 3.55. The molecule has 1 aromatic heterocycles. The van der Waals surface area contributed by atoms with Crippen LogP contribution in [0.25, 0.3) is 5.69 Å². The average molecular weight is 691 g/mol. The van der Waals surface area contributed by atoms with Crippen molar-refractivity contribution in [3.8, 4) is 5.69 Å². The second-order valence-corrected chi connectivity index (χ2v) is 14.5. The lowest BCUT2D eigenvalue weighted by atomic mass is 9.84. The molecule has 3 heterocycles. The first-order valence-electron chi connectivity index (χ1n) is 18.8. The van der Waals surface area contributed by atoms with E-state index in [4.69, 9.17) is 5.10 Å². The number of aliphatic hydroxyl groups excluding tert-OH is 1. The molecule has 0 bridgehead atoms. The van der Waals surface area contributed by atoms with Gasteiger partial charge in [0, 0.05) is 63.7 Å². The minimum absolute atomic E-state index is 0.0721. The number of hydrogen-bond donors (Lipinski definition) is 1. The van der Waals surface area contributed by atoms with Crippen molar-refractivity contribution >= 4 is 17.5 Å². The summed E-state index contributed by atoms with van der Waals surface area (Å²) in [6.07, 6.45) is 4.47. The van der Waals surface area contributed by atoms with Crippen molar-refractivity contribution in [3.05, 3.63) is 113 Å². The lowest BCUT2D eigenvalue weighted by Gasteiger charge is -2.45. The molecule has 3 aromatic carbocycles. The van der Waals surface area contributed by atoms with E-state index in [9.17, 15) is 14.7 Å². The van der Waals surface area contributed by atoms with E-state index in [-0.39, 0.29) is 18.4 Å². The highest BCUT2D eigenvalue weighted by Gasteiger charge is 2.40. The van der Waals surface area contributed by atoms with Crippen LogP contribution in [0.3, 0.4) is 0 Å². The highest BCUT2D eigenvalue weighted by Crippen LogP contribution is 2.34. The van der Waals surface area contributed by atoms with Gasteiger partial charge < -0.3 is 19.8 Å². The van der Waals surface area contributed by atoms with Gasteiger partial charge in [0.2, 0.25) is 0 Å². The van der Waals surface area contributed by atoms with Gasteiger partial charge in [0.15, 0.2) is 5.69 Å². The van der Waals surface area contributed by atoms with Crippen LogP contribution in [0.4, 0.5) is 5.69 Å². The lowest BCUT2D eigenvalue weighted by molar-refractivity contribution is 0.0219. The van der Waals surface area contributed by atoms with E-state index in [0.717, 1.165) is 80.9 Å². The number of rotatable bonds is 13. The third-order valence-corrected chi connectivity index (χ3v) is 10.6. The first-order chi connectivity index (χ1) is 24.7. The number of aliphatic hydroxyl groups is 1. The number of piperazine rings is 1. The summed E-state index contributed by atoms with van der Waals surface area (Å²) < 4.78 is 1.76. The van der Waals surface area contributed by atoms with Crippen LogP contribution in [0.1, 0.15) is 89.7 Å². The minimum atomic E-state index is -0.777. The number of benzene rings is 3. The number of nitrogens with zero attached hydrogens (tertiary/aromatic N) is 6. The van der Waals surface area contributed by atoms with Gasteiger partial charge in [-0.05, 0) is 74.1 Å². The Bertz CT molecular complexity index is 1790. The maximum atomic E-state index is 14.9. The predicted molar refractivity (Wildman–Crippen MR) is 203 cm³/mol. The van der Waals surface area contributed by atoms with Crippen molar-refractivity contribution in [2.24, 2.45) is 0 Å². The summed E-state index contributed by atoms with van der Waals surface area (Å²) in [6.45, 7) is 14.3. The third-order valence-electron chi connectivity index (χ3n) is 10.6. The summed E-state index contributed by atoms with van der Waals surface area (Å²) in [7, 11) is 0. The summed E-state index contributed by atoms with van der Waals surface area (Å²) >= 11 is 0. The molecule has 1 fully saturated rings. The molecule has 270 valence electrons. The van der Waals surface area contributed by atoms with Crippen molar-refractivity contribution in [3.63, 3.8) is 0 Å². The number of aryl methyl sites for hydroxylation is 1. The Morgan fingerprint density at radius 2 is 1.53 bits per heavy atom. The van der Waals surface area contributed by atoms with Crippen LogP contribution >= 0.6 is 0 Å². The molecular weight excluding hydrogens is 637 g/mol. The van der Waals surface area contributed by atoms with Crippen molar-refractivity contribution in [1.29, 1.82) is 0 Å². The second-order valence-electron chi connectivity index (χ2n) is 14.5. The molecule has 1 saturated heterocycles. The molecule has 4 aromatic rings. The van der Waals surface area contributed by atoms with Gasteiger partial charge in [-0.2, -0.15) is 5.10 Å². The van der Waals surface area contributed by atoms with Gasteiger partial charge in [-0.1, -0.05) is 81.3 Å². The van der Waals surface area contributed by atoms with Crippen LogP contribution in [0, 0.1) is 6.92 Å². The lowest BCUT2D eigenvalue weighted by Crippen LogP contribution is -2.56. The van der Waals surface area contributed by atoms with Gasteiger partial charge in [0.1, 0.15) is 0 Å². The summed E-state index contributed by atoms with van der Waals surface area (Å²) in [5.74, 6) is -0.229. The van der Waals surface area contributed by atoms with Crippen molar-refractivity contribution in [2.45, 2.75) is 78.4 Å². The Morgan fingerprint density at radius 3 is 2.20 bits per heavy atom. The summed E-state index contributed by atoms with van der Waals surface area (Å²) in [4.78, 5) is 37.3. The highest BCUT2D eigenvalue weighted by atomic mass is 16.3. The Morgan fingerprint density at radius 1 is 0.863 bits per heavy atom. The van der Waals surface area contributed by atoms with Gasteiger partial charge in [-0.15, -0.1) is 0 Å². The van der Waals surface area contributed by atoms with Crippen LogP contribution in [0.2, 0.25) is 0 Å². The Hall–Kier alpha value is -4.47. The van der Waals surface area contributed by atoms with E-state index < -0.39 is 5.54 Å². The van der Waals surface area contributed by atoms with Crippen LogP contribution in [0.5, 0.6) is 0 Å². The molecule has 1 unspecified atom stereocenters. The topological polar surface area (TPSA) is 85.2 Å². The number of anilines is 1. The summed E-state index contributed by atoms with van der Waals surface area (Å²) in [5.41, 5.74) is 6.09. The molecule has 0 aliphatic carbocycles. The van der Waals surface area contributed by atoms with E-state index in [0.29, 0.717) is 43.0 Å². The first kappa shape index (κ1) is 36.3. The molecule has 2 amide bonds. The minimum Gasteiger partial charge on any atom is -0.394 e. The smallest absolute Gasteiger partial charge is 0.274 e. The van der Waals surface area contributed by atoms with Gasteiger partial charge in [0.05, 0.1) is 23.4 Å². The zero-order valence-corrected chi connectivity index (χ0v) is 30.9. The fourth-order valence-corrected chi connectivity index (χ4v) is 7.43. The quantitative estimate of drug-likeness (QED) is 0.173. The molecule has 6 rings (SSSR count). The van der Waals surface area contributed by atoms with Crippen LogP contribution in [0.15, 0.2) is 78.9 Å². The van der Waals surface area contributed by atoms with Gasteiger partial charge in [0.25, 0.3) is 11.8 Å². The summed E-state index contributed by atoms with van der Waals surface area (Å²) in [6, 6.07) is 26.6. The van der Waals surface area contributed by atoms with Crippen molar-refractivity contribution in [1.82, 2.24) is 24.5 Å². The van der Waals surface area contributed by atoms with Gasteiger partial charge >= 0.3 is 0 Å². The monoisotopic (exact) mass is 690 g/mol. The number of carbonyl (C=O) groups excluding carboxylic acids is 2. The molecule has 2 aliphatic rings. The maximum Gasteiger partial charge on any atom is 0.274 e. The summed E-state index contributed by atoms with van der Waals surface area (Å²) in [5, 5.41) is 15.6. The predicted octanol–water partition coefficient (Wildman–Crippen LogP) is 6.49. The molecule has 0 radical (unpaired) electrons. The van der Waals surface area contributed by atoms with E-state index >= 15 is 0 Å². The Kier molecular flexibility index (Phi) is 11.6. The normalized spacial score (nSPS) is 17.7. The number of carbonyl (C=O) groups is 2. The van der Waals surface area contributed by atoms with E-state index in [2.05, 4.69) is 72.2 Å². The fourth-order valence-electron chi connectivity index (χ4n) is 7.43. The zero-order chi connectivity index (χ0) is 36.0. The Labute approximate surface area is 303 Å². The Balaban J connectivity index is 1.34. The highest BCUT2D eigenvalue weighted by molar-refractivity contribution is 6.00. The molecular formula is C42H54N6O3. The van der Waals surface area contributed by atoms with E-state index in [1.807, 2.05) is 54.0 Å². The molecule has 0 saturated carbocycles. The molecule has 2 aliphatic heterocycles. The molecule has 9 heteroatoms. The number of amides is 2. The molecule has 51 heavy (non-hydrogen) atoms. The SMILES string of the molecule is CCCCN(CCCC)C(=O)c1cc(C)n(-c2ccc(N3CCN(Cc4ccccc4)CC3)cc2C(=O)N2Cc3ccccc3CC2(C)CO)n1. The number of fused-ring (bicyclic) bond motifs is 1. The van der Waals surface area contributed by atoms with Crippen LogP contribution in [-0.2, 0) is 19.5 Å². The van der Waals surface area contributed by atoms with Crippen LogP contribution < -0.4 is 4.90 Å². The van der Waals surface area contributed by atoms with Crippen molar-refractivity contribution in [2.75, 3.05) is 50.8 Å². The zero-order valence-electron chi connectivity index (χ0n) is 30.9. The third kappa shape index (κ3) is 8.05. The first-order valence-corrected chi connectivity index (χ1v) is 18.8. The fraction of sp³-hybridized carbons (Fsp3) is 0.452. The number of hydrogen-bond acceptors (Lipinski definition) is 6. The van der Waals surface area contributed by atoms with Crippen molar-refractivity contribution < 1.29 is 14.7 Å². The maximum absolute atomic E-state index is 14.9. The van der Waals surface area contributed by atoms with Gasteiger partial charge in [-0.25, -0.2) is 4.68 Å². The molecule has 1 atom stereocenters. The largest absolute Gasteiger partial charge is 0.394 e. The molecule has 1 N–H and O–H groups in total. The standard InChI is InChI=1S/C42H54N6O3/c1-5-7-20-46(21-8-6-2)41(51)38-26-32(3)48(43-38)39-19-18-36(45-24-22-44(23-25-45)29-33-14-10-9-11-15-33)27-37(39)40(50)47-30-35-17-13-12-16-34(35)28-42(47,4)31-49/h9-19,26-27,49H,5-8,20-25,28-31H2,1-4H3.